The van der Waals surface area contributed by atoms with Gasteiger partial charge in [0, 0.05) is 7.05 Å². The highest BCUT2D eigenvalue weighted by Gasteiger charge is 2.51. The first kappa shape index (κ1) is 12.7. The number of rotatable bonds is 2. The normalized spacial score (nSPS) is 24.1. The van der Waals surface area contributed by atoms with Gasteiger partial charge in [-0.05, 0) is 24.2 Å². The molecular weight excluding hydrogens is 248 g/mol. The molecule has 94 valence electrons. The highest BCUT2D eigenvalue weighted by molar-refractivity contribution is 7.80. The van der Waals surface area contributed by atoms with Crippen molar-refractivity contribution >= 4 is 29.1 Å². The Hall–Kier alpha value is -1.75. The van der Waals surface area contributed by atoms with Crippen LogP contribution < -0.4 is 5.32 Å². The predicted molar refractivity (Wildman–Crippen MR) is 71.9 cm³/mol. The molecule has 1 unspecified atom stereocenters. The molecule has 4 nitrogen and oxygen atoms in total. The van der Waals surface area contributed by atoms with Gasteiger partial charge in [-0.3, -0.25) is 14.5 Å². The smallest absolute Gasteiger partial charge is 0.248 e. The van der Waals surface area contributed by atoms with E-state index in [1.165, 1.54) is 4.90 Å². The molecule has 1 atom stereocenters. The Balaban J connectivity index is 2.58. The van der Waals surface area contributed by atoms with E-state index in [1.807, 2.05) is 25.1 Å². The maximum Gasteiger partial charge on any atom is 0.248 e. The zero-order valence-corrected chi connectivity index (χ0v) is 11.1. The Morgan fingerprint density at radius 3 is 2.44 bits per heavy atom. The highest BCUT2D eigenvalue weighted by Crippen LogP contribution is 2.32. The second-order valence-corrected chi connectivity index (χ2v) is 4.64. The lowest BCUT2D eigenvalue weighted by atomic mass is 9.75. The second kappa shape index (κ2) is 4.49. The molecule has 1 saturated heterocycles. The molecular formula is C13H14N2O2S. The molecule has 0 aromatic heterocycles. The summed E-state index contributed by atoms with van der Waals surface area (Å²) >= 11 is 4.96. The van der Waals surface area contributed by atoms with E-state index in [-0.39, 0.29) is 16.9 Å². The SMILES string of the molecule is CCC1(c2ccccc2)C(=O)NC(=S)N(C)C1=O. The number of hydrogen-bond acceptors (Lipinski definition) is 3. The molecule has 1 aliphatic rings. The minimum atomic E-state index is -1.17. The molecule has 5 heteroatoms. The van der Waals surface area contributed by atoms with Crippen LogP contribution in [-0.2, 0) is 15.0 Å². The molecule has 0 spiro atoms. The van der Waals surface area contributed by atoms with E-state index >= 15 is 0 Å². The standard InChI is InChI=1S/C13H14N2O2S/c1-3-13(9-7-5-4-6-8-9)10(16)14-12(18)15(2)11(13)17/h4-8H,3H2,1-2H3,(H,14,16,18). The molecule has 2 rings (SSSR count). The zero-order valence-electron chi connectivity index (χ0n) is 10.3. The van der Waals surface area contributed by atoms with Crippen molar-refractivity contribution in [2.75, 3.05) is 7.05 Å². The van der Waals surface area contributed by atoms with Gasteiger partial charge in [0.1, 0.15) is 0 Å². The fourth-order valence-corrected chi connectivity index (χ4v) is 2.43. The third kappa shape index (κ3) is 1.62. The average molecular weight is 262 g/mol. The van der Waals surface area contributed by atoms with Crippen LogP contribution in [0.1, 0.15) is 18.9 Å². The number of carbonyl (C=O) groups excluding carboxylic acids is 2. The molecule has 1 fully saturated rings. The molecule has 0 radical (unpaired) electrons. The molecule has 1 heterocycles. The Morgan fingerprint density at radius 1 is 1.28 bits per heavy atom. The van der Waals surface area contributed by atoms with Gasteiger partial charge < -0.3 is 5.32 Å². The molecule has 2 amide bonds. The first-order valence-corrected chi connectivity index (χ1v) is 6.14. The number of likely N-dealkylation sites (N-methyl/N-ethyl adjacent to an activating group) is 1. The van der Waals surface area contributed by atoms with Gasteiger partial charge in [0.25, 0.3) is 0 Å². The summed E-state index contributed by atoms with van der Waals surface area (Å²) in [5.41, 5.74) is -0.470. The zero-order chi connectivity index (χ0) is 13.3. The number of thiocarbonyl (C=S) groups is 1. The first-order valence-electron chi connectivity index (χ1n) is 5.73. The summed E-state index contributed by atoms with van der Waals surface area (Å²) in [6, 6.07) is 9.08. The number of amides is 2. The van der Waals surface area contributed by atoms with E-state index in [1.54, 1.807) is 19.2 Å². The number of nitrogens with zero attached hydrogens (tertiary/aromatic N) is 1. The van der Waals surface area contributed by atoms with Crippen molar-refractivity contribution < 1.29 is 9.59 Å². The van der Waals surface area contributed by atoms with Crippen molar-refractivity contribution in [3.63, 3.8) is 0 Å². The van der Waals surface area contributed by atoms with E-state index in [0.717, 1.165) is 0 Å². The largest absolute Gasteiger partial charge is 0.301 e. The molecule has 1 aromatic rings. The first-order chi connectivity index (χ1) is 8.54. The second-order valence-electron chi connectivity index (χ2n) is 4.25. The van der Waals surface area contributed by atoms with Crippen LogP contribution in [0.15, 0.2) is 30.3 Å². The van der Waals surface area contributed by atoms with E-state index in [4.69, 9.17) is 12.2 Å². The van der Waals surface area contributed by atoms with E-state index < -0.39 is 5.41 Å². The monoisotopic (exact) mass is 262 g/mol. The Labute approximate surface area is 111 Å². The van der Waals surface area contributed by atoms with Gasteiger partial charge in [-0.2, -0.15) is 0 Å². The summed E-state index contributed by atoms with van der Waals surface area (Å²) in [5.74, 6) is -0.616. The lowest BCUT2D eigenvalue weighted by molar-refractivity contribution is -0.143. The van der Waals surface area contributed by atoms with Gasteiger partial charge in [-0.25, -0.2) is 0 Å². The average Bonchev–Trinajstić information content (AvgIpc) is 2.39. The third-order valence-corrected chi connectivity index (χ3v) is 3.76. The Morgan fingerprint density at radius 2 is 1.89 bits per heavy atom. The Kier molecular flexibility index (Phi) is 3.17. The van der Waals surface area contributed by atoms with Gasteiger partial charge in [0.05, 0.1) is 0 Å². The predicted octanol–water partition coefficient (Wildman–Crippen LogP) is 1.21. The molecule has 0 saturated carbocycles. The van der Waals surface area contributed by atoms with Crippen LogP contribution in [0.4, 0.5) is 0 Å². The third-order valence-electron chi connectivity index (χ3n) is 3.38. The lowest BCUT2D eigenvalue weighted by Gasteiger charge is -2.39. The number of benzene rings is 1. The van der Waals surface area contributed by atoms with Gasteiger partial charge in [-0.1, -0.05) is 37.3 Å². The summed E-state index contributed by atoms with van der Waals surface area (Å²) in [6.45, 7) is 1.83. The van der Waals surface area contributed by atoms with Crippen LogP contribution in [0.25, 0.3) is 0 Å². The van der Waals surface area contributed by atoms with Crippen molar-refractivity contribution in [1.29, 1.82) is 0 Å². The summed E-state index contributed by atoms with van der Waals surface area (Å²) in [5, 5.41) is 2.75. The molecule has 1 N–H and O–H groups in total. The molecule has 1 aliphatic heterocycles. The maximum atomic E-state index is 12.5. The molecule has 1 aromatic carbocycles. The van der Waals surface area contributed by atoms with E-state index in [2.05, 4.69) is 5.32 Å². The topological polar surface area (TPSA) is 49.4 Å². The fourth-order valence-electron chi connectivity index (χ4n) is 2.26. The van der Waals surface area contributed by atoms with Crippen LogP contribution in [-0.4, -0.2) is 28.9 Å². The molecule has 0 bridgehead atoms. The number of hydrogen-bond donors (Lipinski definition) is 1. The number of nitrogens with one attached hydrogen (secondary N) is 1. The van der Waals surface area contributed by atoms with Crippen molar-refractivity contribution in [2.24, 2.45) is 0 Å². The molecule has 0 aliphatic carbocycles. The molecule has 18 heavy (non-hydrogen) atoms. The van der Waals surface area contributed by atoms with E-state index in [0.29, 0.717) is 12.0 Å². The van der Waals surface area contributed by atoms with Gasteiger partial charge in [-0.15, -0.1) is 0 Å². The maximum absolute atomic E-state index is 12.5. The van der Waals surface area contributed by atoms with Crippen LogP contribution >= 0.6 is 12.2 Å². The Bertz CT molecular complexity index is 515. The summed E-state index contributed by atoms with van der Waals surface area (Å²) in [7, 11) is 1.58. The summed E-state index contributed by atoms with van der Waals surface area (Å²) < 4.78 is 0. The van der Waals surface area contributed by atoms with Crippen LogP contribution in [0, 0.1) is 0 Å². The van der Waals surface area contributed by atoms with Crippen LogP contribution in [0.2, 0.25) is 0 Å². The summed E-state index contributed by atoms with van der Waals surface area (Å²) in [6.07, 6.45) is 0.397. The van der Waals surface area contributed by atoms with Gasteiger partial charge >= 0.3 is 0 Å². The van der Waals surface area contributed by atoms with Crippen molar-refractivity contribution in [2.45, 2.75) is 18.8 Å². The van der Waals surface area contributed by atoms with Crippen molar-refractivity contribution in [3.8, 4) is 0 Å². The quantitative estimate of drug-likeness (QED) is 0.644. The van der Waals surface area contributed by atoms with E-state index in [9.17, 15) is 9.59 Å². The summed E-state index contributed by atoms with van der Waals surface area (Å²) in [4.78, 5) is 26.1. The minimum absolute atomic E-state index is 0.157. The fraction of sp³-hybridized carbons (Fsp3) is 0.308. The lowest BCUT2D eigenvalue weighted by Crippen LogP contribution is -2.64. The minimum Gasteiger partial charge on any atom is -0.301 e. The van der Waals surface area contributed by atoms with Gasteiger partial charge in [0.2, 0.25) is 11.8 Å². The van der Waals surface area contributed by atoms with Gasteiger partial charge in [0.15, 0.2) is 10.5 Å². The van der Waals surface area contributed by atoms with Crippen molar-refractivity contribution in [3.05, 3.63) is 35.9 Å². The highest BCUT2D eigenvalue weighted by atomic mass is 32.1. The van der Waals surface area contributed by atoms with Crippen LogP contribution in [0.3, 0.4) is 0 Å². The van der Waals surface area contributed by atoms with Crippen LogP contribution in [0.5, 0.6) is 0 Å². The van der Waals surface area contributed by atoms with Crippen molar-refractivity contribution in [1.82, 2.24) is 10.2 Å². The number of carbonyl (C=O) groups is 2.